The molecule has 0 atom stereocenters. The fraction of sp³-hybridized carbons (Fsp3) is 0.0833. The topological polar surface area (TPSA) is 83.9 Å². The van der Waals surface area contributed by atoms with Gasteiger partial charge in [0.05, 0.1) is 12.9 Å². The maximum absolute atomic E-state index is 9.07. The Labute approximate surface area is 102 Å². The Morgan fingerprint density at radius 3 is 3.06 bits per heavy atom. The van der Waals surface area contributed by atoms with Crippen molar-refractivity contribution in [3.8, 4) is 11.6 Å². The lowest BCUT2D eigenvalue weighted by atomic mass is 10.2. The third-order valence-corrected chi connectivity index (χ3v) is 2.48. The molecule has 0 saturated carbocycles. The van der Waals surface area contributed by atoms with Gasteiger partial charge in [0.25, 0.3) is 0 Å². The second-order valence-electron chi connectivity index (χ2n) is 3.69. The Morgan fingerprint density at radius 1 is 1.22 bits per heavy atom. The van der Waals surface area contributed by atoms with Crippen LogP contribution in [0.1, 0.15) is 5.56 Å². The van der Waals surface area contributed by atoms with Crippen molar-refractivity contribution in [2.45, 2.75) is 6.61 Å². The summed E-state index contributed by atoms with van der Waals surface area (Å²) in [5.74, 6) is 1.02. The Balaban J connectivity index is 1.98. The zero-order valence-corrected chi connectivity index (χ0v) is 9.37. The number of hydrogen-bond acceptors (Lipinski definition) is 5. The van der Waals surface area contributed by atoms with Gasteiger partial charge < -0.3 is 14.8 Å². The molecule has 3 aromatic rings. The number of aliphatic hydroxyl groups is 1. The number of aromatic amines is 1. The van der Waals surface area contributed by atoms with Gasteiger partial charge in [-0.25, -0.2) is 9.97 Å². The Hall–Kier alpha value is -2.47. The summed E-state index contributed by atoms with van der Waals surface area (Å²) in [4.78, 5) is 15.0. The molecule has 2 N–H and O–H groups in total. The van der Waals surface area contributed by atoms with Crippen molar-refractivity contribution < 1.29 is 9.84 Å². The fourth-order valence-electron chi connectivity index (χ4n) is 1.64. The standard InChI is InChI=1S/C12H10N4O2/c17-5-8-2-1-3-9(4-8)18-12-10-11(14-6-13-10)15-7-16-12/h1-4,6-7,17H,5H2,(H,13,14,15,16). The molecule has 0 bridgehead atoms. The molecule has 0 spiro atoms. The van der Waals surface area contributed by atoms with E-state index in [1.54, 1.807) is 12.1 Å². The molecule has 0 unspecified atom stereocenters. The van der Waals surface area contributed by atoms with Crippen LogP contribution in [0.3, 0.4) is 0 Å². The van der Waals surface area contributed by atoms with Crippen LogP contribution in [0.5, 0.6) is 11.6 Å². The van der Waals surface area contributed by atoms with Crippen LogP contribution in [-0.2, 0) is 6.61 Å². The molecule has 18 heavy (non-hydrogen) atoms. The van der Waals surface area contributed by atoms with Crippen molar-refractivity contribution in [1.29, 1.82) is 0 Å². The molecule has 3 rings (SSSR count). The van der Waals surface area contributed by atoms with Crippen LogP contribution in [-0.4, -0.2) is 25.0 Å². The lowest BCUT2D eigenvalue weighted by molar-refractivity contribution is 0.281. The highest BCUT2D eigenvalue weighted by atomic mass is 16.5. The minimum Gasteiger partial charge on any atom is -0.437 e. The van der Waals surface area contributed by atoms with E-state index in [1.807, 2.05) is 12.1 Å². The lowest BCUT2D eigenvalue weighted by Gasteiger charge is -2.05. The van der Waals surface area contributed by atoms with Gasteiger partial charge in [0.15, 0.2) is 5.65 Å². The van der Waals surface area contributed by atoms with Gasteiger partial charge in [-0.2, -0.15) is 4.98 Å². The summed E-state index contributed by atoms with van der Waals surface area (Å²) >= 11 is 0. The minimum absolute atomic E-state index is 0.0273. The van der Waals surface area contributed by atoms with E-state index in [-0.39, 0.29) is 6.61 Å². The van der Waals surface area contributed by atoms with Gasteiger partial charge in [-0.3, -0.25) is 0 Å². The predicted molar refractivity (Wildman–Crippen MR) is 64.1 cm³/mol. The average molecular weight is 242 g/mol. The number of imidazole rings is 1. The number of hydrogen-bond donors (Lipinski definition) is 2. The molecule has 0 aliphatic rings. The molecule has 0 aliphatic heterocycles. The van der Waals surface area contributed by atoms with Crippen LogP contribution in [0, 0.1) is 0 Å². The highest BCUT2D eigenvalue weighted by Crippen LogP contribution is 2.24. The molecule has 0 fully saturated rings. The highest BCUT2D eigenvalue weighted by molar-refractivity contribution is 5.75. The number of aliphatic hydroxyl groups excluding tert-OH is 1. The van der Waals surface area contributed by atoms with Gasteiger partial charge in [-0.15, -0.1) is 0 Å². The Bertz CT molecular complexity index is 680. The van der Waals surface area contributed by atoms with E-state index < -0.39 is 0 Å². The van der Waals surface area contributed by atoms with E-state index in [4.69, 9.17) is 9.84 Å². The van der Waals surface area contributed by atoms with Gasteiger partial charge in [0, 0.05) is 0 Å². The maximum Gasteiger partial charge on any atom is 0.248 e. The summed E-state index contributed by atoms with van der Waals surface area (Å²) in [5.41, 5.74) is 1.98. The zero-order chi connectivity index (χ0) is 12.4. The van der Waals surface area contributed by atoms with E-state index in [2.05, 4.69) is 19.9 Å². The van der Waals surface area contributed by atoms with E-state index >= 15 is 0 Å². The molecule has 90 valence electrons. The predicted octanol–water partition coefficient (Wildman–Crippen LogP) is 1.64. The first-order valence-corrected chi connectivity index (χ1v) is 5.38. The first-order chi connectivity index (χ1) is 8.86. The van der Waals surface area contributed by atoms with Crippen LogP contribution >= 0.6 is 0 Å². The van der Waals surface area contributed by atoms with Gasteiger partial charge in [0.2, 0.25) is 5.88 Å². The number of benzene rings is 1. The van der Waals surface area contributed by atoms with Crippen molar-refractivity contribution >= 4 is 11.2 Å². The van der Waals surface area contributed by atoms with E-state index in [0.717, 1.165) is 5.56 Å². The monoisotopic (exact) mass is 242 g/mol. The van der Waals surface area contributed by atoms with Gasteiger partial charge in [0.1, 0.15) is 17.6 Å². The normalized spacial score (nSPS) is 10.7. The molecule has 2 aromatic heterocycles. The Kier molecular flexibility index (Phi) is 2.62. The molecule has 0 aliphatic carbocycles. The molecule has 0 radical (unpaired) electrons. The number of nitrogens with zero attached hydrogens (tertiary/aromatic N) is 3. The van der Waals surface area contributed by atoms with Crippen LogP contribution in [0.2, 0.25) is 0 Å². The second kappa shape index (κ2) is 4.42. The number of H-pyrrole nitrogens is 1. The summed E-state index contributed by atoms with van der Waals surface area (Å²) in [7, 11) is 0. The molecule has 6 nitrogen and oxygen atoms in total. The van der Waals surface area contributed by atoms with Crippen molar-refractivity contribution in [3.63, 3.8) is 0 Å². The third-order valence-electron chi connectivity index (χ3n) is 2.48. The number of rotatable bonds is 3. The maximum atomic E-state index is 9.07. The smallest absolute Gasteiger partial charge is 0.248 e. The largest absolute Gasteiger partial charge is 0.437 e. The number of fused-ring (bicyclic) bond motifs is 1. The lowest BCUT2D eigenvalue weighted by Crippen LogP contribution is -1.92. The molecule has 6 heteroatoms. The summed E-state index contributed by atoms with van der Waals surface area (Å²) in [6.45, 7) is -0.0273. The minimum atomic E-state index is -0.0273. The summed E-state index contributed by atoms with van der Waals surface area (Å²) in [5, 5.41) is 9.07. The first kappa shape index (κ1) is 10.7. The van der Waals surface area contributed by atoms with Crippen molar-refractivity contribution in [1.82, 2.24) is 19.9 Å². The average Bonchev–Trinajstić information content (AvgIpc) is 2.88. The SMILES string of the molecule is OCc1cccc(Oc2ncnc3nc[nH]c23)c1. The first-order valence-electron chi connectivity index (χ1n) is 5.38. The second-order valence-corrected chi connectivity index (χ2v) is 3.69. The molecule has 1 aromatic carbocycles. The molecule has 2 heterocycles. The molecular weight excluding hydrogens is 232 g/mol. The third kappa shape index (κ3) is 1.89. The Morgan fingerprint density at radius 2 is 2.17 bits per heavy atom. The van der Waals surface area contributed by atoms with Gasteiger partial charge >= 0.3 is 0 Å². The zero-order valence-electron chi connectivity index (χ0n) is 9.37. The molecule has 0 saturated heterocycles. The van der Waals surface area contributed by atoms with E-state index in [9.17, 15) is 0 Å². The molecular formula is C12H10N4O2. The summed E-state index contributed by atoms with van der Waals surface area (Å²) in [6.07, 6.45) is 2.94. The fourth-order valence-corrected chi connectivity index (χ4v) is 1.64. The van der Waals surface area contributed by atoms with E-state index in [0.29, 0.717) is 22.8 Å². The van der Waals surface area contributed by atoms with Crippen LogP contribution in [0.15, 0.2) is 36.9 Å². The van der Waals surface area contributed by atoms with Crippen LogP contribution in [0.25, 0.3) is 11.2 Å². The highest BCUT2D eigenvalue weighted by Gasteiger charge is 2.08. The quantitative estimate of drug-likeness (QED) is 0.729. The van der Waals surface area contributed by atoms with Crippen molar-refractivity contribution in [2.24, 2.45) is 0 Å². The van der Waals surface area contributed by atoms with Crippen molar-refractivity contribution in [3.05, 3.63) is 42.5 Å². The van der Waals surface area contributed by atoms with E-state index in [1.165, 1.54) is 12.7 Å². The summed E-state index contributed by atoms with van der Waals surface area (Å²) in [6, 6.07) is 7.18. The van der Waals surface area contributed by atoms with Crippen LogP contribution < -0.4 is 4.74 Å². The number of aromatic nitrogens is 4. The van der Waals surface area contributed by atoms with Crippen LogP contribution in [0.4, 0.5) is 0 Å². The van der Waals surface area contributed by atoms with Crippen molar-refractivity contribution in [2.75, 3.05) is 0 Å². The van der Waals surface area contributed by atoms with Gasteiger partial charge in [-0.1, -0.05) is 12.1 Å². The number of ether oxygens (including phenoxy) is 1. The number of nitrogens with one attached hydrogen (secondary N) is 1. The molecule has 0 amide bonds. The summed E-state index contributed by atoms with van der Waals surface area (Å²) < 4.78 is 5.66. The van der Waals surface area contributed by atoms with Gasteiger partial charge in [-0.05, 0) is 17.7 Å².